The molecule has 0 aromatic heterocycles. The summed E-state index contributed by atoms with van der Waals surface area (Å²) in [6.45, 7) is 6.63. The number of rotatable bonds is 11. The highest BCUT2D eigenvalue weighted by Gasteiger charge is 2.30. The minimum atomic E-state index is -0.743. The molecule has 0 heterocycles. The van der Waals surface area contributed by atoms with Crippen LogP contribution in [0.15, 0.2) is 78.9 Å². The Morgan fingerprint density at radius 3 is 2.17 bits per heavy atom. The third-order valence-electron chi connectivity index (χ3n) is 6.19. The normalized spacial score (nSPS) is 11.8. The predicted octanol–water partition coefficient (Wildman–Crippen LogP) is 5.66. The largest absolute Gasteiger partial charge is 0.355 e. The standard InChI is InChI=1S/C30H35FN2O2/c1-4-32-30(35)28(20-24-10-6-5-7-11-24)33(21-26-12-8-9-13-27(26)31)29(34)19-16-23-14-17-25(18-15-23)22(2)3/h5-15,17-18,22,28H,4,16,19-21H2,1-3H3,(H,32,35)/t28-/m0/s1. The molecular formula is C30H35FN2O2. The lowest BCUT2D eigenvalue weighted by Gasteiger charge is -2.31. The summed E-state index contributed by atoms with van der Waals surface area (Å²) in [5.74, 6) is -0.350. The Morgan fingerprint density at radius 1 is 0.886 bits per heavy atom. The van der Waals surface area contributed by atoms with Gasteiger partial charge in [0.25, 0.3) is 0 Å². The van der Waals surface area contributed by atoms with Gasteiger partial charge in [-0.25, -0.2) is 4.39 Å². The van der Waals surface area contributed by atoms with Gasteiger partial charge < -0.3 is 10.2 Å². The molecule has 3 aromatic carbocycles. The molecule has 3 aromatic rings. The predicted molar refractivity (Wildman–Crippen MR) is 138 cm³/mol. The van der Waals surface area contributed by atoms with Gasteiger partial charge in [0.15, 0.2) is 0 Å². The van der Waals surface area contributed by atoms with Gasteiger partial charge in [-0.05, 0) is 42.0 Å². The average molecular weight is 475 g/mol. The van der Waals surface area contributed by atoms with Crippen LogP contribution < -0.4 is 5.32 Å². The highest BCUT2D eigenvalue weighted by atomic mass is 19.1. The molecule has 0 spiro atoms. The molecule has 1 atom stereocenters. The molecule has 0 aliphatic carbocycles. The van der Waals surface area contributed by atoms with Crippen LogP contribution in [0.2, 0.25) is 0 Å². The van der Waals surface area contributed by atoms with E-state index in [1.54, 1.807) is 23.1 Å². The number of benzene rings is 3. The summed E-state index contributed by atoms with van der Waals surface area (Å²) < 4.78 is 14.6. The molecule has 0 aliphatic rings. The van der Waals surface area contributed by atoms with E-state index in [1.807, 2.05) is 37.3 Å². The number of likely N-dealkylation sites (N-methyl/N-ethyl adjacent to an activating group) is 1. The molecule has 184 valence electrons. The van der Waals surface area contributed by atoms with Crippen molar-refractivity contribution in [1.29, 1.82) is 0 Å². The first-order valence-corrected chi connectivity index (χ1v) is 12.3. The van der Waals surface area contributed by atoms with Crippen LogP contribution in [0.3, 0.4) is 0 Å². The molecule has 0 fully saturated rings. The molecule has 0 unspecified atom stereocenters. The zero-order valence-corrected chi connectivity index (χ0v) is 20.8. The summed E-state index contributed by atoms with van der Waals surface area (Å²) in [6.07, 6.45) is 1.15. The summed E-state index contributed by atoms with van der Waals surface area (Å²) in [4.78, 5) is 28.3. The number of carbonyl (C=O) groups excluding carboxylic acids is 2. The van der Waals surface area contributed by atoms with Gasteiger partial charge >= 0.3 is 0 Å². The first kappa shape index (κ1) is 26.1. The summed E-state index contributed by atoms with van der Waals surface area (Å²) in [5, 5.41) is 2.87. The van der Waals surface area contributed by atoms with Crippen LogP contribution in [0, 0.1) is 5.82 Å². The zero-order valence-electron chi connectivity index (χ0n) is 20.8. The molecule has 0 bridgehead atoms. The lowest BCUT2D eigenvalue weighted by molar-refractivity contribution is -0.141. The molecule has 1 N–H and O–H groups in total. The molecule has 5 heteroatoms. The second-order valence-corrected chi connectivity index (χ2v) is 9.11. The summed E-state index contributed by atoms with van der Waals surface area (Å²) in [6, 6.07) is 23.6. The van der Waals surface area contributed by atoms with E-state index in [0.717, 1.165) is 11.1 Å². The molecule has 0 saturated heterocycles. The van der Waals surface area contributed by atoms with Crippen molar-refractivity contribution in [2.45, 2.75) is 58.5 Å². The van der Waals surface area contributed by atoms with E-state index in [2.05, 4.69) is 43.4 Å². The van der Waals surface area contributed by atoms with Crippen LogP contribution in [0.5, 0.6) is 0 Å². The Labute approximate surface area is 208 Å². The molecule has 4 nitrogen and oxygen atoms in total. The second kappa shape index (κ2) is 12.8. The highest BCUT2D eigenvalue weighted by Crippen LogP contribution is 2.19. The first-order valence-electron chi connectivity index (χ1n) is 12.3. The van der Waals surface area contributed by atoms with E-state index < -0.39 is 6.04 Å². The molecular weight excluding hydrogens is 439 g/mol. The number of nitrogens with one attached hydrogen (secondary N) is 1. The Hall–Kier alpha value is -3.47. The quantitative estimate of drug-likeness (QED) is 0.390. The summed E-state index contributed by atoms with van der Waals surface area (Å²) in [5.41, 5.74) is 3.65. The van der Waals surface area contributed by atoms with Crippen LogP contribution in [-0.4, -0.2) is 29.3 Å². The smallest absolute Gasteiger partial charge is 0.243 e. The van der Waals surface area contributed by atoms with Crippen LogP contribution >= 0.6 is 0 Å². The molecule has 35 heavy (non-hydrogen) atoms. The Bertz CT molecular complexity index is 1100. The van der Waals surface area contributed by atoms with E-state index in [4.69, 9.17) is 0 Å². The topological polar surface area (TPSA) is 49.4 Å². The Balaban J connectivity index is 1.87. The summed E-state index contributed by atoms with van der Waals surface area (Å²) >= 11 is 0. The van der Waals surface area contributed by atoms with Crippen LogP contribution in [0.25, 0.3) is 0 Å². The maximum atomic E-state index is 14.6. The number of carbonyl (C=O) groups is 2. The minimum Gasteiger partial charge on any atom is -0.355 e. The van der Waals surface area contributed by atoms with Crippen molar-refractivity contribution >= 4 is 11.8 Å². The number of amides is 2. The SMILES string of the molecule is CCNC(=O)[C@H](Cc1ccccc1)N(Cc1ccccc1F)C(=O)CCc1ccc(C(C)C)cc1. The van der Waals surface area contributed by atoms with Crippen molar-refractivity contribution in [3.63, 3.8) is 0 Å². The van der Waals surface area contributed by atoms with E-state index in [1.165, 1.54) is 11.6 Å². The minimum absolute atomic E-state index is 0.0342. The van der Waals surface area contributed by atoms with Crippen molar-refractivity contribution in [2.24, 2.45) is 0 Å². The Kier molecular flexibility index (Phi) is 9.59. The molecule has 0 saturated carbocycles. The van der Waals surface area contributed by atoms with Gasteiger partial charge in [-0.3, -0.25) is 9.59 Å². The van der Waals surface area contributed by atoms with Crippen molar-refractivity contribution in [2.75, 3.05) is 6.54 Å². The fourth-order valence-corrected chi connectivity index (χ4v) is 4.12. The number of halogens is 1. The summed E-state index contributed by atoms with van der Waals surface area (Å²) in [7, 11) is 0. The van der Waals surface area contributed by atoms with E-state index in [-0.39, 0.29) is 30.6 Å². The van der Waals surface area contributed by atoms with Gasteiger partial charge in [-0.15, -0.1) is 0 Å². The van der Waals surface area contributed by atoms with Crippen LogP contribution in [-0.2, 0) is 29.0 Å². The lowest BCUT2D eigenvalue weighted by Crippen LogP contribution is -2.50. The molecule has 0 radical (unpaired) electrons. The van der Waals surface area contributed by atoms with E-state index in [9.17, 15) is 14.0 Å². The third kappa shape index (κ3) is 7.51. The maximum Gasteiger partial charge on any atom is 0.243 e. The maximum absolute atomic E-state index is 14.6. The molecule has 3 rings (SSSR count). The van der Waals surface area contributed by atoms with Gasteiger partial charge in [0, 0.05) is 31.5 Å². The van der Waals surface area contributed by atoms with Crippen molar-refractivity contribution in [3.8, 4) is 0 Å². The monoisotopic (exact) mass is 474 g/mol. The fourth-order valence-electron chi connectivity index (χ4n) is 4.12. The number of aryl methyl sites for hydroxylation is 1. The van der Waals surface area contributed by atoms with Gasteiger partial charge in [-0.2, -0.15) is 0 Å². The Morgan fingerprint density at radius 2 is 1.54 bits per heavy atom. The van der Waals surface area contributed by atoms with Gasteiger partial charge in [0.1, 0.15) is 11.9 Å². The third-order valence-corrected chi connectivity index (χ3v) is 6.19. The number of hydrogen-bond acceptors (Lipinski definition) is 2. The molecule has 0 aliphatic heterocycles. The van der Waals surface area contributed by atoms with Crippen LogP contribution in [0.1, 0.15) is 55.4 Å². The van der Waals surface area contributed by atoms with Gasteiger partial charge in [-0.1, -0.05) is 86.6 Å². The van der Waals surface area contributed by atoms with E-state index >= 15 is 0 Å². The highest BCUT2D eigenvalue weighted by molar-refractivity contribution is 5.88. The lowest BCUT2D eigenvalue weighted by atomic mass is 9.99. The van der Waals surface area contributed by atoms with Gasteiger partial charge in [0.05, 0.1) is 0 Å². The fraction of sp³-hybridized carbons (Fsp3) is 0.333. The first-order chi connectivity index (χ1) is 16.9. The van der Waals surface area contributed by atoms with Crippen LogP contribution in [0.4, 0.5) is 4.39 Å². The number of hydrogen-bond donors (Lipinski definition) is 1. The number of nitrogens with zero attached hydrogens (tertiary/aromatic N) is 1. The van der Waals surface area contributed by atoms with Crippen molar-refractivity contribution in [3.05, 3.63) is 107 Å². The zero-order chi connectivity index (χ0) is 25.2. The molecule has 2 amide bonds. The average Bonchev–Trinajstić information content (AvgIpc) is 2.86. The van der Waals surface area contributed by atoms with Crippen molar-refractivity contribution < 1.29 is 14.0 Å². The van der Waals surface area contributed by atoms with Crippen molar-refractivity contribution in [1.82, 2.24) is 10.2 Å². The van der Waals surface area contributed by atoms with E-state index in [0.29, 0.717) is 30.9 Å². The van der Waals surface area contributed by atoms with Gasteiger partial charge in [0.2, 0.25) is 11.8 Å². The second-order valence-electron chi connectivity index (χ2n) is 9.11.